The predicted octanol–water partition coefficient (Wildman–Crippen LogP) is 4.21. The molecule has 2 fully saturated rings. The lowest BCUT2D eigenvalue weighted by Gasteiger charge is -2.27. The molecule has 4 rings (SSSR count). The molecule has 0 spiro atoms. The molecule has 2 N–H and O–H groups in total. The highest BCUT2D eigenvalue weighted by molar-refractivity contribution is 7.17. The van der Waals surface area contributed by atoms with Gasteiger partial charge in [-0.05, 0) is 65.8 Å². The monoisotopic (exact) mass is 271 g/mol. The van der Waals surface area contributed by atoms with Crippen molar-refractivity contribution in [1.82, 2.24) is 0 Å². The smallest absolute Gasteiger partial charge is 0.0345 e. The zero-order valence-corrected chi connectivity index (χ0v) is 12.0. The summed E-state index contributed by atoms with van der Waals surface area (Å²) in [7, 11) is 0. The van der Waals surface area contributed by atoms with E-state index in [0.717, 1.165) is 24.2 Å². The summed E-state index contributed by atoms with van der Waals surface area (Å²) in [5, 5.41) is 3.74. The van der Waals surface area contributed by atoms with Crippen molar-refractivity contribution in [2.45, 2.75) is 38.1 Å². The van der Waals surface area contributed by atoms with Crippen molar-refractivity contribution < 1.29 is 0 Å². The van der Waals surface area contributed by atoms with Crippen LogP contribution in [0.25, 0.3) is 10.1 Å². The van der Waals surface area contributed by atoms with E-state index >= 15 is 0 Å². The molecule has 2 saturated carbocycles. The summed E-state index contributed by atoms with van der Waals surface area (Å²) in [6, 6.07) is 9.09. The van der Waals surface area contributed by atoms with E-state index in [2.05, 4.69) is 29.6 Å². The molecule has 0 aliphatic heterocycles. The van der Waals surface area contributed by atoms with Crippen LogP contribution < -0.4 is 5.73 Å². The van der Waals surface area contributed by atoms with Gasteiger partial charge in [0.05, 0.1) is 0 Å². The molecule has 19 heavy (non-hydrogen) atoms. The van der Waals surface area contributed by atoms with Crippen LogP contribution in [0.4, 0.5) is 0 Å². The third-order valence-electron chi connectivity index (χ3n) is 5.36. The lowest BCUT2D eigenvalue weighted by Crippen LogP contribution is -2.35. The molecule has 2 aliphatic rings. The van der Waals surface area contributed by atoms with Crippen molar-refractivity contribution in [1.29, 1.82) is 0 Å². The van der Waals surface area contributed by atoms with E-state index in [1.807, 2.05) is 11.3 Å². The van der Waals surface area contributed by atoms with Gasteiger partial charge in [-0.25, -0.2) is 0 Å². The Balaban J connectivity index is 1.54. The Kier molecular flexibility index (Phi) is 2.89. The lowest BCUT2D eigenvalue weighted by atomic mass is 9.81. The summed E-state index contributed by atoms with van der Waals surface area (Å²) in [5.41, 5.74) is 8.02. The molecule has 100 valence electrons. The van der Waals surface area contributed by atoms with Gasteiger partial charge in [0.1, 0.15) is 0 Å². The highest BCUT2D eigenvalue weighted by atomic mass is 32.1. The molecule has 1 aromatic heterocycles. The maximum atomic E-state index is 6.55. The first kappa shape index (κ1) is 11.9. The summed E-state index contributed by atoms with van der Waals surface area (Å²) >= 11 is 1.86. The van der Waals surface area contributed by atoms with E-state index < -0.39 is 0 Å². The Morgan fingerprint density at radius 3 is 2.89 bits per heavy atom. The average Bonchev–Trinajstić information content (AvgIpc) is 3.14. The summed E-state index contributed by atoms with van der Waals surface area (Å²) in [5.74, 6) is 2.72. The van der Waals surface area contributed by atoms with Gasteiger partial charge in [0.2, 0.25) is 0 Å². The van der Waals surface area contributed by atoms with Crippen molar-refractivity contribution in [3.05, 3.63) is 35.2 Å². The van der Waals surface area contributed by atoms with Crippen LogP contribution >= 0.6 is 11.3 Å². The first-order valence-electron chi connectivity index (χ1n) is 7.52. The van der Waals surface area contributed by atoms with E-state index in [9.17, 15) is 0 Å². The van der Waals surface area contributed by atoms with Crippen molar-refractivity contribution in [3.63, 3.8) is 0 Å². The topological polar surface area (TPSA) is 26.0 Å². The second kappa shape index (κ2) is 4.60. The molecular weight excluding hydrogens is 250 g/mol. The molecule has 2 bridgehead atoms. The van der Waals surface area contributed by atoms with Gasteiger partial charge < -0.3 is 5.73 Å². The van der Waals surface area contributed by atoms with E-state index in [1.165, 1.54) is 41.3 Å². The minimum atomic E-state index is 0.369. The largest absolute Gasteiger partial charge is 0.327 e. The average molecular weight is 271 g/mol. The summed E-state index contributed by atoms with van der Waals surface area (Å²) in [6.45, 7) is 0. The van der Waals surface area contributed by atoms with Crippen LogP contribution in [0, 0.1) is 17.8 Å². The molecule has 1 heterocycles. The lowest BCUT2D eigenvalue weighted by molar-refractivity contribution is 0.280. The normalized spacial score (nSPS) is 31.1. The van der Waals surface area contributed by atoms with Crippen LogP contribution in [0.1, 0.15) is 31.2 Å². The van der Waals surface area contributed by atoms with Crippen molar-refractivity contribution >= 4 is 21.4 Å². The van der Waals surface area contributed by atoms with Gasteiger partial charge in [0.25, 0.3) is 0 Å². The Hall–Kier alpha value is -0.860. The number of benzene rings is 1. The molecular formula is C17H21NS. The zero-order chi connectivity index (χ0) is 12.8. The fourth-order valence-electron chi connectivity index (χ4n) is 4.41. The van der Waals surface area contributed by atoms with Crippen LogP contribution in [0.3, 0.4) is 0 Å². The summed E-state index contributed by atoms with van der Waals surface area (Å²) in [4.78, 5) is 0. The third kappa shape index (κ3) is 2.02. The molecule has 2 aromatic rings. The van der Waals surface area contributed by atoms with Crippen molar-refractivity contribution in [2.75, 3.05) is 0 Å². The van der Waals surface area contributed by atoms with Gasteiger partial charge in [0, 0.05) is 10.7 Å². The van der Waals surface area contributed by atoms with Crippen LogP contribution in [0.5, 0.6) is 0 Å². The number of hydrogen-bond donors (Lipinski definition) is 1. The highest BCUT2D eigenvalue weighted by Gasteiger charge is 2.41. The number of thiophene rings is 1. The maximum Gasteiger partial charge on any atom is 0.0345 e. The van der Waals surface area contributed by atoms with Gasteiger partial charge in [0.15, 0.2) is 0 Å². The number of hydrogen-bond acceptors (Lipinski definition) is 2. The van der Waals surface area contributed by atoms with Gasteiger partial charge in [-0.15, -0.1) is 11.3 Å². The molecule has 0 radical (unpaired) electrons. The van der Waals surface area contributed by atoms with E-state index in [0.29, 0.717) is 6.04 Å². The van der Waals surface area contributed by atoms with Crippen LogP contribution in [0.2, 0.25) is 0 Å². The minimum Gasteiger partial charge on any atom is -0.327 e. The zero-order valence-electron chi connectivity index (χ0n) is 11.2. The highest BCUT2D eigenvalue weighted by Crippen LogP contribution is 2.49. The fraction of sp³-hybridized carbons (Fsp3) is 0.529. The van der Waals surface area contributed by atoms with E-state index in [1.54, 1.807) is 0 Å². The van der Waals surface area contributed by atoms with Crippen molar-refractivity contribution in [2.24, 2.45) is 23.5 Å². The minimum absolute atomic E-state index is 0.369. The Labute approximate surface area is 118 Å². The molecule has 2 heteroatoms. The van der Waals surface area contributed by atoms with Crippen LogP contribution in [-0.4, -0.2) is 6.04 Å². The standard InChI is InChI=1S/C17H21NS/c18-16(15-8-11-5-6-12(15)7-11)9-13-10-19-17-4-2-1-3-14(13)17/h1-4,10-12,15-16H,5-9,18H2. The quantitative estimate of drug-likeness (QED) is 0.889. The molecule has 0 amide bonds. The first-order valence-corrected chi connectivity index (χ1v) is 8.40. The Bertz CT molecular complexity index is 588. The van der Waals surface area contributed by atoms with Gasteiger partial charge in [-0.1, -0.05) is 24.6 Å². The van der Waals surface area contributed by atoms with Gasteiger partial charge in [-0.3, -0.25) is 0 Å². The predicted molar refractivity (Wildman–Crippen MR) is 82.4 cm³/mol. The van der Waals surface area contributed by atoms with E-state index in [4.69, 9.17) is 5.73 Å². The fourth-order valence-corrected chi connectivity index (χ4v) is 5.39. The molecule has 4 atom stereocenters. The Morgan fingerprint density at radius 2 is 2.11 bits per heavy atom. The molecule has 0 saturated heterocycles. The second-order valence-electron chi connectivity index (χ2n) is 6.46. The van der Waals surface area contributed by atoms with Crippen LogP contribution in [0.15, 0.2) is 29.6 Å². The number of fused-ring (bicyclic) bond motifs is 3. The SMILES string of the molecule is NC(Cc1csc2ccccc12)C1CC2CCC1C2. The van der Waals surface area contributed by atoms with Gasteiger partial charge in [-0.2, -0.15) is 0 Å². The molecule has 1 nitrogen and oxygen atoms in total. The second-order valence-corrected chi connectivity index (χ2v) is 7.38. The maximum absolute atomic E-state index is 6.55. The van der Waals surface area contributed by atoms with Crippen LogP contribution in [-0.2, 0) is 6.42 Å². The van der Waals surface area contributed by atoms with Gasteiger partial charge >= 0.3 is 0 Å². The molecule has 1 aromatic carbocycles. The Morgan fingerprint density at radius 1 is 1.21 bits per heavy atom. The number of rotatable bonds is 3. The summed E-state index contributed by atoms with van der Waals surface area (Å²) < 4.78 is 1.40. The summed E-state index contributed by atoms with van der Waals surface area (Å²) in [6.07, 6.45) is 6.83. The first-order chi connectivity index (χ1) is 9.31. The number of nitrogens with two attached hydrogens (primary N) is 1. The van der Waals surface area contributed by atoms with Crippen molar-refractivity contribution in [3.8, 4) is 0 Å². The third-order valence-corrected chi connectivity index (χ3v) is 6.37. The van der Waals surface area contributed by atoms with E-state index in [-0.39, 0.29) is 0 Å². The molecule has 4 unspecified atom stereocenters. The molecule has 2 aliphatic carbocycles.